The van der Waals surface area contributed by atoms with Crippen LogP contribution in [0.3, 0.4) is 0 Å². The summed E-state index contributed by atoms with van der Waals surface area (Å²) in [4.78, 5) is 27.4. The molecule has 1 atom stereocenters. The molecule has 30 heavy (non-hydrogen) atoms. The maximum atomic E-state index is 15.1. The van der Waals surface area contributed by atoms with E-state index in [4.69, 9.17) is 0 Å². The minimum absolute atomic E-state index is 0.139. The lowest BCUT2D eigenvalue weighted by Crippen LogP contribution is -2.42. The molecule has 2 aromatic rings. The summed E-state index contributed by atoms with van der Waals surface area (Å²) >= 11 is -2.61. The highest BCUT2D eigenvalue weighted by Gasteiger charge is 2.30. The Bertz CT molecular complexity index is 983. The van der Waals surface area contributed by atoms with Crippen molar-refractivity contribution in [2.45, 2.75) is 19.8 Å². The van der Waals surface area contributed by atoms with Gasteiger partial charge in [-0.3, -0.25) is 14.1 Å². The van der Waals surface area contributed by atoms with E-state index >= 15 is 4.39 Å². The quantitative estimate of drug-likeness (QED) is 0.596. The summed E-state index contributed by atoms with van der Waals surface area (Å²) in [5, 5.41) is 6.24. The second-order valence-corrected chi connectivity index (χ2v) is 7.29. The number of nitrogens with zero attached hydrogens (tertiary/aromatic N) is 3. The van der Waals surface area contributed by atoms with Crippen LogP contribution < -0.4 is 15.0 Å². The van der Waals surface area contributed by atoms with Gasteiger partial charge >= 0.3 is 0 Å². The molecule has 1 fully saturated rings. The number of pyridine rings is 1. The Hall–Kier alpha value is -2.96. The lowest BCUT2D eigenvalue weighted by molar-refractivity contribution is -0.114. The molecule has 2 heterocycles. The van der Waals surface area contributed by atoms with Crippen LogP contribution in [0.5, 0.6) is 0 Å². The second-order valence-electron chi connectivity index (χ2n) is 6.49. The van der Waals surface area contributed by atoms with E-state index in [1.54, 1.807) is 0 Å². The van der Waals surface area contributed by atoms with E-state index in [2.05, 4.69) is 15.6 Å². The summed E-state index contributed by atoms with van der Waals surface area (Å²) in [6.45, 7) is 2.16. The molecule has 1 aromatic heterocycles. The highest BCUT2D eigenvalue weighted by Crippen LogP contribution is 2.29. The number of hydrazine groups is 1. The lowest BCUT2D eigenvalue weighted by Gasteiger charge is -2.29. The van der Waals surface area contributed by atoms with Crippen molar-refractivity contribution >= 4 is 40.3 Å². The van der Waals surface area contributed by atoms with E-state index in [9.17, 15) is 22.7 Å². The molecule has 2 amide bonds. The van der Waals surface area contributed by atoms with Crippen molar-refractivity contribution in [3.8, 4) is 0 Å². The van der Waals surface area contributed by atoms with Crippen LogP contribution >= 0.6 is 0 Å². The Morgan fingerprint density at radius 1 is 1.17 bits per heavy atom. The van der Waals surface area contributed by atoms with Crippen LogP contribution in [0.4, 0.5) is 26.0 Å². The highest BCUT2D eigenvalue weighted by molar-refractivity contribution is 7.80. The van der Waals surface area contributed by atoms with Crippen molar-refractivity contribution in [3.63, 3.8) is 0 Å². The number of hydrogen-bond acceptors (Lipinski definition) is 5. The van der Waals surface area contributed by atoms with Gasteiger partial charge in [-0.05, 0) is 37.1 Å². The number of rotatable bonds is 6. The largest absolute Gasteiger partial charge is 0.320 e. The predicted molar refractivity (Wildman–Crippen MR) is 107 cm³/mol. The topological polar surface area (TPSA) is 115 Å². The van der Waals surface area contributed by atoms with E-state index in [1.807, 2.05) is 0 Å². The number of carbonyl (C=O) groups is 2. The number of anilines is 3. The summed E-state index contributed by atoms with van der Waals surface area (Å²) in [6, 6.07) is 4.68. The second kappa shape index (κ2) is 9.24. The van der Waals surface area contributed by atoms with Gasteiger partial charge in [-0.15, -0.1) is 0 Å². The first-order valence-electron chi connectivity index (χ1n) is 8.97. The molecule has 12 heteroatoms. The smallest absolute Gasteiger partial charge is 0.277 e. The summed E-state index contributed by atoms with van der Waals surface area (Å²) in [7, 11) is 0. The first-order chi connectivity index (χ1) is 14.3. The van der Waals surface area contributed by atoms with Crippen molar-refractivity contribution in [3.05, 3.63) is 47.7 Å². The number of benzene rings is 1. The molecule has 0 aliphatic carbocycles. The number of aromatic nitrogens is 1. The Morgan fingerprint density at radius 2 is 1.87 bits per heavy atom. The van der Waals surface area contributed by atoms with E-state index in [0.29, 0.717) is 13.1 Å². The van der Waals surface area contributed by atoms with Gasteiger partial charge in [0.1, 0.15) is 22.9 Å². The van der Waals surface area contributed by atoms with Crippen LogP contribution in [0.1, 0.15) is 30.1 Å². The van der Waals surface area contributed by atoms with E-state index in [0.717, 1.165) is 29.4 Å². The van der Waals surface area contributed by atoms with Crippen LogP contribution in [0.15, 0.2) is 30.5 Å². The molecule has 3 rings (SSSR count). The number of hydrogen-bond donors (Lipinski definition) is 3. The summed E-state index contributed by atoms with van der Waals surface area (Å²) < 4.78 is 51.6. The van der Waals surface area contributed by atoms with Gasteiger partial charge in [0.2, 0.25) is 5.91 Å². The van der Waals surface area contributed by atoms with Gasteiger partial charge < -0.3 is 10.6 Å². The Labute approximate surface area is 173 Å². The van der Waals surface area contributed by atoms with Gasteiger partial charge in [-0.25, -0.2) is 23.0 Å². The molecular formula is C18H19F2N5O4S. The van der Waals surface area contributed by atoms with E-state index in [-0.39, 0.29) is 23.1 Å². The maximum Gasteiger partial charge on any atom is 0.277 e. The van der Waals surface area contributed by atoms with Crippen LogP contribution in [-0.2, 0) is 16.1 Å². The third kappa shape index (κ3) is 4.78. The molecule has 0 radical (unpaired) electrons. The minimum atomic E-state index is -2.61. The average Bonchev–Trinajstić information content (AvgIpc) is 3.19. The monoisotopic (exact) mass is 439 g/mol. The van der Waals surface area contributed by atoms with Crippen molar-refractivity contribution in [2.24, 2.45) is 0 Å². The zero-order valence-electron chi connectivity index (χ0n) is 15.9. The zero-order chi connectivity index (χ0) is 21.8. The normalized spacial score (nSPS) is 14.9. The van der Waals surface area contributed by atoms with Crippen molar-refractivity contribution in [1.82, 2.24) is 9.99 Å². The SMILES string of the molecule is CC(=O)Nc1ccc(NC(=O)c2c(F)ccc(N(N3CCCC3)S(=O)O)c2F)cn1. The zero-order valence-corrected chi connectivity index (χ0v) is 16.7. The lowest BCUT2D eigenvalue weighted by atomic mass is 10.1. The van der Waals surface area contributed by atoms with Gasteiger partial charge in [0.05, 0.1) is 11.9 Å². The summed E-state index contributed by atoms with van der Waals surface area (Å²) in [5.41, 5.74) is -1.14. The van der Waals surface area contributed by atoms with E-state index < -0.39 is 34.4 Å². The predicted octanol–water partition coefficient (Wildman–Crippen LogP) is 2.52. The number of carbonyl (C=O) groups excluding carboxylic acids is 2. The van der Waals surface area contributed by atoms with E-state index in [1.165, 1.54) is 30.3 Å². The molecule has 0 saturated carbocycles. The maximum absolute atomic E-state index is 15.1. The molecule has 3 N–H and O–H groups in total. The van der Waals surface area contributed by atoms with Crippen molar-refractivity contribution in [1.29, 1.82) is 0 Å². The number of halogens is 2. The molecule has 1 aliphatic rings. The molecule has 9 nitrogen and oxygen atoms in total. The first-order valence-corrected chi connectivity index (χ1v) is 10.0. The first kappa shape index (κ1) is 21.7. The molecule has 160 valence electrons. The average molecular weight is 439 g/mol. The fraction of sp³-hybridized carbons (Fsp3) is 0.278. The van der Waals surface area contributed by atoms with Gasteiger partial charge in [0.15, 0.2) is 5.82 Å². The third-order valence-corrected chi connectivity index (χ3v) is 5.04. The molecule has 1 aliphatic heterocycles. The van der Waals surface area contributed by atoms with Crippen LogP contribution in [0.2, 0.25) is 0 Å². The highest BCUT2D eigenvalue weighted by atomic mass is 32.2. The summed E-state index contributed by atoms with van der Waals surface area (Å²) in [6.07, 6.45) is 2.72. The van der Waals surface area contributed by atoms with Gasteiger partial charge in [-0.2, -0.15) is 4.41 Å². The van der Waals surface area contributed by atoms with Gasteiger partial charge in [0, 0.05) is 20.0 Å². The minimum Gasteiger partial charge on any atom is -0.320 e. The van der Waals surface area contributed by atoms with Crippen molar-refractivity contribution < 1.29 is 27.1 Å². The Morgan fingerprint density at radius 3 is 2.43 bits per heavy atom. The Kier molecular flexibility index (Phi) is 6.70. The molecular weight excluding hydrogens is 420 g/mol. The van der Waals surface area contributed by atoms with Gasteiger partial charge in [0.25, 0.3) is 17.2 Å². The third-order valence-electron chi connectivity index (χ3n) is 4.32. The Balaban J connectivity index is 1.88. The van der Waals surface area contributed by atoms with Crippen LogP contribution in [0.25, 0.3) is 0 Å². The molecule has 1 aromatic carbocycles. The molecule has 0 bridgehead atoms. The molecule has 1 saturated heterocycles. The molecule has 0 spiro atoms. The molecule has 1 unspecified atom stereocenters. The number of amides is 2. The van der Waals surface area contributed by atoms with Crippen LogP contribution in [0, 0.1) is 11.6 Å². The van der Waals surface area contributed by atoms with Gasteiger partial charge in [-0.1, -0.05) is 0 Å². The summed E-state index contributed by atoms with van der Waals surface area (Å²) in [5.74, 6) is -3.56. The fourth-order valence-electron chi connectivity index (χ4n) is 3.03. The standard InChI is InChI=1S/C18H19F2N5O4S/c1-11(26)22-15-7-4-12(10-21-15)23-18(27)16-13(19)5-6-14(17(16)20)25(30(28)29)24-8-2-3-9-24/h4-7,10H,2-3,8-9H2,1H3,(H,23,27)(H,28,29)(H,21,22,26). The fourth-order valence-corrected chi connectivity index (χ4v) is 3.70. The van der Waals surface area contributed by atoms with Crippen LogP contribution in [-0.4, -0.2) is 43.7 Å². The number of nitrogens with one attached hydrogen (secondary N) is 2. The van der Waals surface area contributed by atoms with Crippen molar-refractivity contribution in [2.75, 3.05) is 28.1 Å².